The highest BCUT2D eigenvalue weighted by Crippen LogP contribution is 2.35. The third-order valence-corrected chi connectivity index (χ3v) is 3.41. The first-order valence-corrected chi connectivity index (χ1v) is 6.47. The molecule has 0 fully saturated rings. The minimum Gasteiger partial charge on any atom is -0.396 e. The Hall–Kier alpha value is -1.99. The number of rotatable bonds is 2. The molecule has 0 aromatic heterocycles. The van der Waals surface area contributed by atoms with Gasteiger partial charge in [-0.15, -0.1) is 0 Å². The van der Waals surface area contributed by atoms with Gasteiger partial charge in [-0.05, 0) is 6.07 Å². The van der Waals surface area contributed by atoms with Gasteiger partial charge in [-0.3, -0.25) is 4.55 Å². The van der Waals surface area contributed by atoms with Gasteiger partial charge in [0.2, 0.25) is 0 Å². The summed E-state index contributed by atoms with van der Waals surface area (Å²) in [6.45, 7) is 0. The Kier molecular flexibility index (Phi) is 3.02. The standard InChI is InChI=1S/C11H11N3O3S/c1-13-14-9-6-10(18(15,16)17)7-4-2-3-5-8(7)11(9)12/h2-6H,12H2,1H3,(H,15,16,17)/b14-13+. The summed E-state index contributed by atoms with van der Waals surface area (Å²) in [4.78, 5) is -0.227. The van der Waals surface area contributed by atoms with Gasteiger partial charge in [0, 0.05) is 17.8 Å². The van der Waals surface area contributed by atoms with E-state index in [2.05, 4.69) is 10.2 Å². The number of hydrogen-bond acceptors (Lipinski definition) is 5. The Balaban J connectivity index is 2.98. The molecule has 0 bridgehead atoms. The number of hydrogen-bond donors (Lipinski definition) is 2. The van der Waals surface area contributed by atoms with Crippen LogP contribution in [0, 0.1) is 0 Å². The Morgan fingerprint density at radius 2 is 1.83 bits per heavy atom. The maximum atomic E-state index is 11.4. The predicted molar refractivity (Wildman–Crippen MR) is 68.6 cm³/mol. The molecule has 0 atom stereocenters. The smallest absolute Gasteiger partial charge is 0.295 e. The molecule has 18 heavy (non-hydrogen) atoms. The molecule has 0 radical (unpaired) electrons. The summed E-state index contributed by atoms with van der Waals surface area (Å²) < 4.78 is 31.9. The van der Waals surface area contributed by atoms with E-state index in [-0.39, 0.29) is 10.6 Å². The van der Waals surface area contributed by atoms with Gasteiger partial charge in [-0.1, -0.05) is 24.3 Å². The first-order chi connectivity index (χ1) is 8.45. The molecule has 0 unspecified atom stereocenters. The molecule has 0 saturated carbocycles. The largest absolute Gasteiger partial charge is 0.396 e. The highest BCUT2D eigenvalue weighted by molar-refractivity contribution is 7.86. The Morgan fingerprint density at radius 3 is 2.39 bits per heavy atom. The molecule has 2 aromatic rings. The number of azo groups is 1. The topological polar surface area (TPSA) is 105 Å². The van der Waals surface area contributed by atoms with Crippen LogP contribution in [0.2, 0.25) is 0 Å². The summed E-state index contributed by atoms with van der Waals surface area (Å²) in [5.74, 6) is 0. The van der Waals surface area contributed by atoms with Crippen LogP contribution in [-0.2, 0) is 10.1 Å². The van der Waals surface area contributed by atoms with Crippen LogP contribution in [0.4, 0.5) is 11.4 Å². The third kappa shape index (κ3) is 2.05. The van der Waals surface area contributed by atoms with Crippen LogP contribution in [0.25, 0.3) is 10.8 Å². The zero-order chi connectivity index (χ0) is 13.3. The lowest BCUT2D eigenvalue weighted by atomic mass is 10.1. The summed E-state index contributed by atoms with van der Waals surface area (Å²) in [5.41, 5.74) is 6.42. The van der Waals surface area contributed by atoms with Crippen molar-refractivity contribution >= 4 is 32.3 Å². The predicted octanol–water partition coefficient (Wildman–Crippen LogP) is 2.38. The fourth-order valence-corrected chi connectivity index (χ4v) is 2.47. The second-order valence-corrected chi connectivity index (χ2v) is 5.02. The lowest BCUT2D eigenvalue weighted by molar-refractivity contribution is 0.484. The van der Waals surface area contributed by atoms with Crippen molar-refractivity contribution in [3.8, 4) is 0 Å². The molecular formula is C11H11N3O3S. The van der Waals surface area contributed by atoms with E-state index in [1.165, 1.54) is 13.1 Å². The summed E-state index contributed by atoms with van der Waals surface area (Å²) in [7, 11) is -2.90. The fourth-order valence-electron chi connectivity index (χ4n) is 1.75. The SMILES string of the molecule is C/N=N/c1cc(S(=O)(=O)O)c2ccccc2c1N. The summed E-state index contributed by atoms with van der Waals surface area (Å²) in [6, 6.07) is 7.83. The van der Waals surface area contributed by atoms with Crippen molar-refractivity contribution in [3.63, 3.8) is 0 Å². The Labute approximate surface area is 104 Å². The number of anilines is 1. The molecule has 3 N–H and O–H groups in total. The van der Waals surface area contributed by atoms with E-state index in [1.807, 2.05) is 0 Å². The second-order valence-electron chi connectivity index (χ2n) is 3.63. The molecule has 0 amide bonds. The first-order valence-electron chi connectivity index (χ1n) is 5.03. The van der Waals surface area contributed by atoms with E-state index in [4.69, 9.17) is 5.73 Å². The van der Waals surface area contributed by atoms with Crippen LogP contribution >= 0.6 is 0 Å². The maximum absolute atomic E-state index is 11.4. The number of nitrogens with zero attached hydrogens (tertiary/aromatic N) is 2. The highest BCUT2D eigenvalue weighted by Gasteiger charge is 2.18. The van der Waals surface area contributed by atoms with Gasteiger partial charge in [0.25, 0.3) is 10.1 Å². The maximum Gasteiger partial charge on any atom is 0.295 e. The molecule has 0 aliphatic rings. The van der Waals surface area contributed by atoms with E-state index < -0.39 is 10.1 Å². The molecule has 0 saturated heterocycles. The van der Waals surface area contributed by atoms with Gasteiger partial charge in [0.1, 0.15) is 10.6 Å². The van der Waals surface area contributed by atoms with E-state index in [9.17, 15) is 13.0 Å². The zero-order valence-electron chi connectivity index (χ0n) is 9.53. The highest BCUT2D eigenvalue weighted by atomic mass is 32.2. The Morgan fingerprint density at radius 1 is 1.22 bits per heavy atom. The average molecular weight is 265 g/mol. The lowest BCUT2D eigenvalue weighted by Gasteiger charge is -2.08. The number of benzene rings is 2. The lowest BCUT2D eigenvalue weighted by Crippen LogP contribution is -2.01. The molecule has 6 nitrogen and oxygen atoms in total. The molecular weight excluding hydrogens is 254 g/mol. The van der Waals surface area contributed by atoms with Crippen molar-refractivity contribution in [1.82, 2.24) is 0 Å². The van der Waals surface area contributed by atoms with E-state index in [0.717, 1.165) is 0 Å². The van der Waals surface area contributed by atoms with Gasteiger partial charge in [-0.25, -0.2) is 0 Å². The van der Waals surface area contributed by atoms with Crippen LogP contribution in [0.3, 0.4) is 0 Å². The van der Waals surface area contributed by atoms with Gasteiger partial charge in [-0.2, -0.15) is 18.6 Å². The second kappa shape index (κ2) is 4.35. The molecule has 0 spiro atoms. The van der Waals surface area contributed by atoms with Crippen LogP contribution in [-0.4, -0.2) is 20.0 Å². The van der Waals surface area contributed by atoms with Gasteiger partial charge in [0.15, 0.2) is 0 Å². The van der Waals surface area contributed by atoms with Gasteiger partial charge in [0.05, 0.1) is 5.69 Å². The normalized spacial score (nSPS) is 12.3. The quantitative estimate of drug-likeness (QED) is 0.494. The summed E-state index contributed by atoms with van der Waals surface area (Å²) >= 11 is 0. The van der Waals surface area contributed by atoms with E-state index in [1.54, 1.807) is 24.3 Å². The van der Waals surface area contributed by atoms with Crippen molar-refractivity contribution in [2.24, 2.45) is 10.2 Å². The number of fused-ring (bicyclic) bond motifs is 1. The van der Waals surface area contributed by atoms with Gasteiger partial charge < -0.3 is 5.73 Å². The zero-order valence-corrected chi connectivity index (χ0v) is 10.3. The van der Waals surface area contributed by atoms with Crippen molar-refractivity contribution in [3.05, 3.63) is 30.3 Å². The monoisotopic (exact) mass is 265 g/mol. The first kappa shape index (κ1) is 12.5. The fraction of sp³-hybridized carbons (Fsp3) is 0.0909. The van der Waals surface area contributed by atoms with E-state index >= 15 is 0 Å². The van der Waals surface area contributed by atoms with Crippen molar-refractivity contribution < 1.29 is 13.0 Å². The van der Waals surface area contributed by atoms with Crippen LogP contribution in [0.1, 0.15) is 0 Å². The van der Waals surface area contributed by atoms with Crippen molar-refractivity contribution in [2.45, 2.75) is 4.90 Å². The summed E-state index contributed by atoms with van der Waals surface area (Å²) in [6.07, 6.45) is 0. The Bertz CT molecular complexity index is 739. The molecule has 0 heterocycles. The minimum absolute atomic E-state index is 0.212. The average Bonchev–Trinajstić information content (AvgIpc) is 2.31. The molecule has 0 aliphatic heterocycles. The summed E-state index contributed by atoms with van der Waals surface area (Å²) in [5, 5.41) is 8.18. The third-order valence-electron chi connectivity index (χ3n) is 2.51. The van der Waals surface area contributed by atoms with Crippen LogP contribution < -0.4 is 5.73 Å². The van der Waals surface area contributed by atoms with Crippen LogP contribution in [0.5, 0.6) is 0 Å². The molecule has 2 rings (SSSR count). The van der Waals surface area contributed by atoms with Crippen molar-refractivity contribution in [1.29, 1.82) is 0 Å². The number of nitrogens with two attached hydrogens (primary N) is 1. The van der Waals surface area contributed by atoms with Crippen molar-refractivity contribution in [2.75, 3.05) is 12.8 Å². The minimum atomic E-state index is -4.34. The number of nitrogen functional groups attached to an aromatic ring is 1. The van der Waals surface area contributed by atoms with Gasteiger partial charge >= 0.3 is 0 Å². The molecule has 94 valence electrons. The molecule has 2 aromatic carbocycles. The van der Waals surface area contributed by atoms with E-state index in [0.29, 0.717) is 16.5 Å². The molecule has 0 aliphatic carbocycles. The van der Waals surface area contributed by atoms with Crippen LogP contribution in [0.15, 0.2) is 45.5 Å². The molecule has 7 heteroatoms.